The molecule has 1 heterocycles. The van der Waals surface area contributed by atoms with Gasteiger partial charge in [0.05, 0.1) is 0 Å². The van der Waals surface area contributed by atoms with Crippen LogP contribution in [-0.4, -0.2) is 4.98 Å². The molecule has 0 N–H and O–H groups in total. The molecule has 1 aromatic heterocycles. The summed E-state index contributed by atoms with van der Waals surface area (Å²) >= 11 is 0. The number of hydrogen-bond donors (Lipinski definition) is 0. The second-order valence-electron chi connectivity index (χ2n) is 10.8. The van der Waals surface area contributed by atoms with Gasteiger partial charge in [0.15, 0.2) is 0 Å². The van der Waals surface area contributed by atoms with Crippen LogP contribution in [0.4, 0.5) is 0 Å². The monoisotopic (exact) mass is 399 g/mol. The van der Waals surface area contributed by atoms with E-state index in [1.54, 1.807) is 38.5 Å². The highest BCUT2D eigenvalue weighted by atomic mass is 14.6. The average Bonchev–Trinajstić information content (AvgIpc) is 2.76. The van der Waals surface area contributed by atoms with Crippen LogP contribution >= 0.6 is 0 Å². The fourth-order valence-corrected chi connectivity index (χ4v) is 7.37. The first-order valence-corrected chi connectivity index (χ1v) is 12.4. The molecule has 1 heteroatoms. The van der Waals surface area contributed by atoms with Crippen LogP contribution in [0.15, 0.2) is 60.9 Å². The van der Waals surface area contributed by atoms with Crippen LogP contribution in [-0.2, 0) is 6.42 Å². The number of aromatic nitrogens is 1. The highest BCUT2D eigenvalue weighted by molar-refractivity contribution is 5.48. The SMILES string of the molecule is C(=C\c1ccccc1)/CC(CCc1ccncc1)CCC12CC3CC(CC(C3)C1)C2. The molecule has 1 aromatic carbocycles. The van der Waals surface area contributed by atoms with Gasteiger partial charge in [0, 0.05) is 12.4 Å². The Morgan fingerprint density at radius 3 is 2.20 bits per heavy atom. The van der Waals surface area contributed by atoms with Crippen molar-refractivity contribution >= 4 is 6.08 Å². The van der Waals surface area contributed by atoms with E-state index in [2.05, 4.69) is 59.6 Å². The fourth-order valence-electron chi connectivity index (χ4n) is 7.37. The van der Waals surface area contributed by atoms with Crippen LogP contribution in [0, 0.1) is 29.1 Å². The molecule has 0 spiro atoms. The van der Waals surface area contributed by atoms with Crippen LogP contribution in [0.5, 0.6) is 0 Å². The minimum atomic E-state index is 0.715. The van der Waals surface area contributed by atoms with Gasteiger partial charge in [0.25, 0.3) is 0 Å². The lowest BCUT2D eigenvalue weighted by Crippen LogP contribution is -2.46. The minimum absolute atomic E-state index is 0.715. The highest BCUT2D eigenvalue weighted by Crippen LogP contribution is 2.61. The van der Waals surface area contributed by atoms with Crippen molar-refractivity contribution in [2.45, 2.75) is 70.6 Å². The van der Waals surface area contributed by atoms with Gasteiger partial charge in [0.1, 0.15) is 0 Å². The molecule has 4 bridgehead atoms. The predicted molar refractivity (Wildman–Crippen MR) is 126 cm³/mol. The van der Waals surface area contributed by atoms with E-state index >= 15 is 0 Å². The summed E-state index contributed by atoms with van der Waals surface area (Å²) in [5.74, 6) is 4.02. The van der Waals surface area contributed by atoms with Crippen molar-refractivity contribution in [3.8, 4) is 0 Å². The summed E-state index contributed by atoms with van der Waals surface area (Å²) in [7, 11) is 0. The maximum Gasteiger partial charge on any atom is 0.0270 e. The first-order valence-electron chi connectivity index (χ1n) is 12.4. The second-order valence-corrected chi connectivity index (χ2v) is 10.8. The Balaban J connectivity index is 1.21. The molecule has 4 aliphatic rings. The smallest absolute Gasteiger partial charge is 0.0270 e. The van der Waals surface area contributed by atoms with Gasteiger partial charge in [-0.25, -0.2) is 0 Å². The molecule has 30 heavy (non-hydrogen) atoms. The van der Waals surface area contributed by atoms with Gasteiger partial charge in [-0.1, -0.05) is 42.5 Å². The zero-order valence-corrected chi connectivity index (χ0v) is 18.4. The maximum absolute atomic E-state index is 4.19. The van der Waals surface area contributed by atoms with Gasteiger partial charge in [-0.05, 0) is 123 Å². The Morgan fingerprint density at radius 1 is 0.867 bits per heavy atom. The van der Waals surface area contributed by atoms with Gasteiger partial charge in [-0.15, -0.1) is 0 Å². The molecule has 1 unspecified atom stereocenters. The zero-order valence-electron chi connectivity index (χ0n) is 18.4. The molecule has 2 aromatic rings. The summed E-state index contributed by atoms with van der Waals surface area (Å²) in [6, 6.07) is 15.2. The van der Waals surface area contributed by atoms with Crippen LogP contribution in [0.3, 0.4) is 0 Å². The molecule has 1 atom stereocenters. The Kier molecular flexibility index (Phi) is 6.07. The average molecular weight is 400 g/mol. The third-order valence-electron chi connectivity index (χ3n) is 8.42. The van der Waals surface area contributed by atoms with E-state index in [0.717, 1.165) is 23.7 Å². The molecule has 0 amide bonds. The topological polar surface area (TPSA) is 12.9 Å². The van der Waals surface area contributed by atoms with Crippen LogP contribution in [0.1, 0.15) is 75.3 Å². The summed E-state index contributed by atoms with van der Waals surface area (Å²) in [6.45, 7) is 0. The number of hydrogen-bond acceptors (Lipinski definition) is 1. The van der Waals surface area contributed by atoms with Crippen LogP contribution in [0.2, 0.25) is 0 Å². The van der Waals surface area contributed by atoms with Crippen molar-refractivity contribution in [1.82, 2.24) is 4.98 Å². The molecule has 0 aliphatic heterocycles. The van der Waals surface area contributed by atoms with Gasteiger partial charge in [-0.2, -0.15) is 0 Å². The summed E-state index contributed by atoms with van der Waals surface area (Å²) in [4.78, 5) is 4.19. The molecule has 4 aliphatic carbocycles. The van der Waals surface area contributed by atoms with Gasteiger partial charge >= 0.3 is 0 Å². The van der Waals surface area contributed by atoms with Gasteiger partial charge in [0.2, 0.25) is 0 Å². The quantitative estimate of drug-likeness (QED) is 0.420. The lowest BCUT2D eigenvalue weighted by Gasteiger charge is -2.57. The Hall–Kier alpha value is -1.89. The van der Waals surface area contributed by atoms with E-state index in [1.165, 1.54) is 43.2 Å². The standard InChI is InChI=1S/C29H37N/c1-2-5-23(6-3-1)7-4-8-24(9-10-25-12-15-30-16-13-25)11-14-29-20-26-17-27(21-29)19-28(18-26)22-29/h1-7,12-13,15-16,24,26-28H,8-11,14,17-22H2/b7-4+. The molecule has 4 fully saturated rings. The molecular formula is C29H37N. The number of nitrogens with zero attached hydrogens (tertiary/aromatic N) is 1. The fraction of sp³-hybridized carbons (Fsp3) is 0.552. The highest BCUT2D eigenvalue weighted by Gasteiger charge is 2.50. The molecule has 158 valence electrons. The summed E-state index contributed by atoms with van der Waals surface area (Å²) in [5, 5.41) is 0. The van der Waals surface area contributed by atoms with Crippen molar-refractivity contribution < 1.29 is 0 Å². The predicted octanol–water partition coefficient (Wildman–Crippen LogP) is 7.73. The summed E-state index contributed by atoms with van der Waals surface area (Å²) in [6.07, 6.45) is 24.6. The van der Waals surface area contributed by atoms with Crippen molar-refractivity contribution in [1.29, 1.82) is 0 Å². The lowest BCUT2D eigenvalue weighted by atomic mass is 9.48. The zero-order chi connectivity index (χ0) is 20.2. The van der Waals surface area contributed by atoms with E-state index in [-0.39, 0.29) is 0 Å². The molecule has 6 rings (SSSR count). The minimum Gasteiger partial charge on any atom is -0.265 e. The van der Waals surface area contributed by atoms with Crippen molar-refractivity contribution in [3.63, 3.8) is 0 Å². The third kappa shape index (κ3) is 4.88. The second kappa shape index (κ2) is 9.08. The number of allylic oxidation sites excluding steroid dienone is 1. The number of pyridine rings is 1. The summed E-state index contributed by atoms with van der Waals surface area (Å²) < 4.78 is 0. The molecule has 1 nitrogen and oxygen atoms in total. The normalized spacial score (nSPS) is 30.7. The molecule has 4 saturated carbocycles. The lowest BCUT2D eigenvalue weighted by molar-refractivity contribution is -0.0601. The molecular weight excluding hydrogens is 362 g/mol. The number of benzene rings is 1. The van der Waals surface area contributed by atoms with Crippen LogP contribution < -0.4 is 0 Å². The van der Waals surface area contributed by atoms with E-state index in [1.807, 2.05) is 12.4 Å². The first-order chi connectivity index (χ1) is 14.8. The van der Waals surface area contributed by atoms with Gasteiger partial charge < -0.3 is 0 Å². The first kappa shape index (κ1) is 20.0. The third-order valence-corrected chi connectivity index (χ3v) is 8.42. The number of aryl methyl sites for hydroxylation is 1. The maximum atomic E-state index is 4.19. The largest absolute Gasteiger partial charge is 0.265 e. The number of rotatable bonds is 9. The Bertz CT molecular complexity index is 787. The molecule has 0 radical (unpaired) electrons. The molecule has 0 saturated heterocycles. The van der Waals surface area contributed by atoms with Crippen molar-refractivity contribution in [3.05, 3.63) is 72.1 Å². The Morgan fingerprint density at radius 2 is 1.53 bits per heavy atom. The van der Waals surface area contributed by atoms with E-state index < -0.39 is 0 Å². The van der Waals surface area contributed by atoms with Crippen molar-refractivity contribution in [2.24, 2.45) is 29.1 Å². The van der Waals surface area contributed by atoms with E-state index in [0.29, 0.717) is 5.41 Å². The summed E-state index contributed by atoms with van der Waals surface area (Å²) in [5.41, 5.74) is 3.48. The van der Waals surface area contributed by atoms with E-state index in [9.17, 15) is 0 Å². The van der Waals surface area contributed by atoms with E-state index in [4.69, 9.17) is 0 Å². The van der Waals surface area contributed by atoms with Gasteiger partial charge in [-0.3, -0.25) is 4.98 Å². The Labute approximate surface area is 183 Å². The van der Waals surface area contributed by atoms with Crippen LogP contribution in [0.25, 0.3) is 6.08 Å². The van der Waals surface area contributed by atoms with Crippen molar-refractivity contribution in [2.75, 3.05) is 0 Å².